The number of allylic oxidation sites excluding steroid dienone is 8. The molecule has 0 aliphatic heterocycles. The second-order valence-electron chi connectivity index (χ2n) is 10.2. The summed E-state index contributed by atoms with van der Waals surface area (Å²) >= 11 is -0.554. The van der Waals surface area contributed by atoms with Gasteiger partial charge in [0.2, 0.25) is 0 Å². The molecule has 0 spiro atoms. The molecule has 0 unspecified atom stereocenters. The molecule has 0 atom stereocenters. The molecule has 0 amide bonds. The van der Waals surface area contributed by atoms with Crippen LogP contribution in [0.1, 0.15) is 65.5 Å². The molecule has 4 rings (SSSR count). The summed E-state index contributed by atoms with van der Waals surface area (Å²) < 4.78 is 17.1. The first-order valence-corrected chi connectivity index (χ1v) is 17.1. The monoisotopic (exact) mass is 530 g/mol. The topological polar surface area (TPSA) is 18.5 Å². The van der Waals surface area contributed by atoms with Crippen molar-refractivity contribution in [2.75, 3.05) is 0 Å². The maximum absolute atomic E-state index is 7.21. The van der Waals surface area contributed by atoms with Crippen LogP contribution >= 0.6 is 22.7 Å². The van der Waals surface area contributed by atoms with Crippen LogP contribution in [-0.4, -0.2) is 0 Å². The van der Waals surface area contributed by atoms with E-state index in [9.17, 15) is 0 Å². The van der Waals surface area contributed by atoms with Gasteiger partial charge in [-0.3, -0.25) is 0 Å². The Morgan fingerprint density at radius 3 is 1.45 bits per heavy atom. The summed E-state index contributed by atoms with van der Waals surface area (Å²) in [5.41, 5.74) is 2.58. The average Bonchev–Trinajstić information content (AvgIpc) is 3.46. The van der Waals surface area contributed by atoms with Crippen molar-refractivity contribution in [3.8, 4) is 10.1 Å². The Morgan fingerprint density at radius 2 is 1.13 bits per heavy atom. The molecule has 2 aliphatic rings. The van der Waals surface area contributed by atoms with E-state index in [1.165, 1.54) is 17.7 Å². The molecular weight excluding hydrogens is 500 g/mol. The molecular formula is C26H32O2S2Zr. The molecule has 2 aromatic rings. The van der Waals surface area contributed by atoms with E-state index >= 15 is 0 Å². The molecule has 0 saturated heterocycles. The first kappa shape index (κ1) is 23.0. The molecule has 0 saturated carbocycles. The fourth-order valence-electron chi connectivity index (χ4n) is 3.99. The zero-order valence-corrected chi connectivity index (χ0v) is 23.4. The van der Waals surface area contributed by atoms with E-state index in [1.54, 1.807) is 22.7 Å². The summed E-state index contributed by atoms with van der Waals surface area (Å²) in [6.45, 7) is 13.5. The van der Waals surface area contributed by atoms with E-state index in [0.29, 0.717) is 0 Å². The van der Waals surface area contributed by atoms with Gasteiger partial charge in [0.25, 0.3) is 0 Å². The molecule has 164 valence electrons. The van der Waals surface area contributed by atoms with Gasteiger partial charge in [0.15, 0.2) is 0 Å². The van der Waals surface area contributed by atoms with Gasteiger partial charge in [-0.25, -0.2) is 0 Å². The minimum atomic E-state index is -3.96. The van der Waals surface area contributed by atoms with E-state index < -0.39 is 21.1 Å². The van der Waals surface area contributed by atoms with Crippen LogP contribution < -0.4 is 5.63 Å². The number of hydrogen-bond acceptors (Lipinski definition) is 4. The SMILES string of the molecule is CC(C)(C)c1ccsc1[O][Zr]([O]c1sccc1C(C)(C)C)([C]1=CC=CC1)[C]1=CC=CC1. The Labute approximate surface area is 200 Å². The number of hydrogen-bond donors (Lipinski definition) is 0. The van der Waals surface area contributed by atoms with Gasteiger partial charge < -0.3 is 0 Å². The Hall–Kier alpha value is -1.16. The van der Waals surface area contributed by atoms with Crippen LogP contribution in [-0.2, 0) is 32.0 Å². The quantitative estimate of drug-likeness (QED) is 0.372. The summed E-state index contributed by atoms with van der Waals surface area (Å²) in [4.78, 5) is 0. The van der Waals surface area contributed by atoms with Crippen molar-refractivity contribution >= 4 is 22.7 Å². The predicted molar refractivity (Wildman–Crippen MR) is 131 cm³/mol. The molecule has 31 heavy (non-hydrogen) atoms. The van der Waals surface area contributed by atoms with Crippen LogP contribution in [0.4, 0.5) is 0 Å². The Bertz CT molecular complexity index is 981. The standard InChI is InChI=1S/2C8H12OS.2C5H5.Zr/c2*1-8(2,3)6-4-5-10-7(6)9;2*1-2-4-5-3-1;/h2*4-5,9H,1-3H3;2*1-3H,4H2;/q;;;;+2/p-2. The molecule has 5 heteroatoms. The molecule has 0 fully saturated rings. The first-order chi connectivity index (χ1) is 14.6. The normalized spacial score (nSPS) is 16.6. The predicted octanol–water partition coefficient (Wildman–Crippen LogP) is 8.53. The van der Waals surface area contributed by atoms with Crippen LogP contribution in [0.15, 0.2) is 65.9 Å². The van der Waals surface area contributed by atoms with Crippen LogP contribution in [0.5, 0.6) is 10.1 Å². The van der Waals surface area contributed by atoms with Crippen LogP contribution in [0, 0.1) is 0 Å². The number of rotatable bonds is 6. The van der Waals surface area contributed by atoms with Crippen molar-refractivity contribution in [3.63, 3.8) is 0 Å². The number of thiophene rings is 2. The third-order valence-electron chi connectivity index (χ3n) is 5.74. The first-order valence-electron chi connectivity index (χ1n) is 10.9. The van der Waals surface area contributed by atoms with Gasteiger partial charge in [-0.15, -0.1) is 0 Å². The van der Waals surface area contributed by atoms with Gasteiger partial charge in [0.1, 0.15) is 0 Å². The third-order valence-corrected chi connectivity index (χ3v) is 16.4. The van der Waals surface area contributed by atoms with Gasteiger partial charge in [0, 0.05) is 0 Å². The summed E-state index contributed by atoms with van der Waals surface area (Å²) in [6, 6.07) is 4.43. The Kier molecular flexibility index (Phi) is 6.42. The Balaban J connectivity index is 1.85. The summed E-state index contributed by atoms with van der Waals surface area (Å²) in [5.74, 6) is 0. The van der Waals surface area contributed by atoms with Gasteiger partial charge in [-0.2, -0.15) is 0 Å². The van der Waals surface area contributed by atoms with Crippen LogP contribution in [0.2, 0.25) is 0 Å². The zero-order valence-electron chi connectivity index (χ0n) is 19.3. The second kappa shape index (κ2) is 8.65. The minimum absolute atomic E-state index is 0.0249. The van der Waals surface area contributed by atoms with E-state index in [-0.39, 0.29) is 10.8 Å². The maximum atomic E-state index is 7.21. The second-order valence-corrected chi connectivity index (χ2v) is 19.2. The van der Waals surface area contributed by atoms with Crippen molar-refractivity contribution in [2.24, 2.45) is 0 Å². The molecule has 2 heterocycles. The van der Waals surface area contributed by atoms with Crippen molar-refractivity contribution in [3.05, 3.63) is 77.0 Å². The van der Waals surface area contributed by atoms with Crippen LogP contribution in [0.3, 0.4) is 0 Å². The van der Waals surface area contributed by atoms with Crippen molar-refractivity contribution in [1.29, 1.82) is 0 Å². The molecule has 0 N–H and O–H groups in total. The van der Waals surface area contributed by atoms with Crippen LogP contribution in [0.25, 0.3) is 0 Å². The van der Waals surface area contributed by atoms with Gasteiger partial charge in [-0.1, -0.05) is 0 Å². The fourth-order valence-corrected chi connectivity index (χ4v) is 15.5. The van der Waals surface area contributed by atoms with Gasteiger partial charge in [0.05, 0.1) is 0 Å². The molecule has 0 aromatic carbocycles. The van der Waals surface area contributed by atoms with E-state index in [2.05, 4.69) is 101 Å². The van der Waals surface area contributed by atoms with Gasteiger partial charge >= 0.3 is 202 Å². The van der Waals surface area contributed by atoms with Crippen molar-refractivity contribution in [1.82, 2.24) is 0 Å². The van der Waals surface area contributed by atoms with E-state index in [0.717, 1.165) is 23.0 Å². The summed E-state index contributed by atoms with van der Waals surface area (Å²) in [6.07, 6.45) is 15.1. The van der Waals surface area contributed by atoms with Crippen molar-refractivity contribution in [2.45, 2.75) is 65.2 Å². The fraction of sp³-hybridized carbons (Fsp3) is 0.385. The third kappa shape index (κ3) is 4.65. The van der Waals surface area contributed by atoms with E-state index in [1.807, 2.05) is 0 Å². The molecule has 2 nitrogen and oxygen atoms in total. The van der Waals surface area contributed by atoms with Crippen molar-refractivity contribution < 1.29 is 26.8 Å². The summed E-state index contributed by atoms with van der Waals surface area (Å²) in [7, 11) is 0. The molecule has 2 aliphatic carbocycles. The molecule has 0 bridgehead atoms. The zero-order chi connectivity index (χ0) is 22.3. The van der Waals surface area contributed by atoms with Gasteiger partial charge in [-0.05, 0) is 0 Å². The Morgan fingerprint density at radius 1 is 0.710 bits per heavy atom. The summed E-state index contributed by atoms with van der Waals surface area (Å²) in [5, 5.41) is 6.36. The van der Waals surface area contributed by atoms with E-state index in [4.69, 9.17) is 5.63 Å². The molecule has 2 aromatic heterocycles. The molecule has 0 radical (unpaired) electrons. The average molecular weight is 532 g/mol.